The Kier molecular flexibility index (Phi) is 7.00. The summed E-state index contributed by atoms with van der Waals surface area (Å²) < 4.78 is 16.1. The van der Waals surface area contributed by atoms with Gasteiger partial charge in [-0.2, -0.15) is 0 Å². The number of amides is 1. The topological polar surface area (TPSA) is 77.1 Å². The second-order valence-corrected chi connectivity index (χ2v) is 6.45. The van der Waals surface area contributed by atoms with Gasteiger partial charge in [-0.25, -0.2) is 0 Å². The van der Waals surface area contributed by atoms with Crippen LogP contribution in [0.25, 0.3) is 0 Å². The van der Waals surface area contributed by atoms with Gasteiger partial charge in [0.1, 0.15) is 6.29 Å². The largest absolute Gasteiger partial charge is 0.493 e. The molecule has 0 unspecified atom stereocenters. The highest BCUT2D eigenvalue weighted by Crippen LogP contribution is 2.27. The molecule has 7 nitrogen and oxygen atoms in total. The summed E-state index contributed by atoms with van der Waals surface area (Å²) in [6.07, 6.45) is 0.724. The molecule has 1 fully saturated rings. The minimum absolute atomic E-state index is 0.160. The van der Waals surface area contributed by atoms with Crippen molar-refractivity contribution >= 4 is 17.9 Å². The molecule has 1 amide bonds. The van der Waals surface area contributed by atoms with Crippen molar-refractivity contribution < 1.29 is 23.8 Å². The third-order valence-corrected chi connectivity index (χ3v) is 4.43. The first-order chi connectivity index (χ1) is 13.7. The van der Waals surface area contributed by atoms with Crippen molar-refractivity contribution in [1.82, 2.24) is 4.90 Å². The van der Waals surface area contributed by atoms with Crippen LogP contribution in [0.15, 0.2) is 42.5 Å². The summed E-state index contributed by atoms with van der Waals surface area (Å²) in [5, 5.41) is 2.81. The number of methoxy groups -OCH3 is 1. The minimum Gasteiger partial charge on any atom is -0.493 e. The van der Waals surface area contributed by atoms with Crippen LogP contribution in [0, 0.1) is 0 Å². The van der Waals surface area contributed by atoms with E-state index in [2.05, 4.69) is 10.2 Å². The number of carbonyl (C=O) groups excluding carboxylic acids is 2. The van der Waals surface area contributed by atoms with Crippen LogP contribution in [-0.4, -0.2) is 57.1 Å². The van der Waals surface area contributed by atoms with Crippen molar-refractivity contribution in [3.63, 3.8) is 0 Å². The molecule has 1 aliphatic rings. The molecule has 0 aliphatic carbocycles. The molecule has 2 aromatic rings. The Hall–Kier alpha value is -2.90. The summed E-state index contributed by atoms with van der Waals surface area (Å²) in [5.41, 5.74) is 2.38. The molecule has 0 spiro atoms. The molecule has 0 atom stereocenters. The lowest BCUT2D eigenvalue weighted by Crippen LogP contribution is -2.35. The number of hydrogen-bond acceptors (Lipinski definition) is 6. The van der Waals surface area contributed by atoms with E-state index in [9.17, 15) is 9.59 Å². The van der Waals surface area contributed by atoms with Crippen molar-refractivity contribution in [1.29, 1.82) is 0 Å². The van der Waals surface area contributed by atoms with Crippen LogP contribution in [0.3, 0.4) is 0 Å². The fourth-order valence-electron chi connectivity index (χ4n) is 2.93. The lowest BCUT2D eigenvalue weighted by atomic mass is 10.2. The van der Waals surface area contributed by atoms with Gasteiger partial charge in [0, 0.05) is 30.9 Å². The van der Waals surface area contributed by atoms with Gasteiger partial charge in [-0.3, -0.25) is 14.5 Å². The molecule has 148 valence electrons. The maximum absolute atomic E-state index is 12.2. The SMILES string of the molecule is COc1cc(C=O)ccc1OCC(=O)Nc1ccc(CN2CCOCC2)cc1. The first-order valence-electron chi connectivity index (χ1n) is 9.13. The first-order valence-corrected chi connectivity index (χ1v) is 9.13. The van der Waals surface area contributed by atoms with Crippen LogP contribution in [0.1, 0.15) is 15.9 Å². The number of rotatable bonds is 8. The lowest BCUT2D eigenvalue weighted by molar-refractivity contribution is -0.118. The van der Waals surface area contributed by atoms with Crippen LogP contribution in [0.5, 0.6) is 11.5 Å². The number of benzene rings is 2. The van der Waals surface area contributed by atoms with Crippen molar-refractivity contribution in [2.75, 3.05) is 45.3 Å². The van der Waals surface area contributed by atoms with E-state index in [-0.39, 0.29) is 12.5 Å². The smallest absolute Gasteiger partial charge is 0.262 e. The van der Waals surface area contributed by atoms with Crippen LogP contribution in [0.4, 0.5) is 5.69 Å². The molecule has 28 heavy (non-hydrogen) atoms. The zero-order valence-corrected chi connectivity index (χ0v) is 15.8. The Morgan fingerprint density at radius 1 is 1.14 bits per heavy atom. The number of ether oxygens (including phenoxy) is 3. The number of aldehydes is 1. The summed E-state index contributed by atoms with van der Waals surface area (Å²) in [7, 11) is 1.48. The van der Waals surface area contributed by atoms with E-state index in [1.54, 1.807) is 18.2 Å². The predicted molar refractivity (Wildman–Crippen MR) is 105 cm³/mol. The number of hydrogen-bond donors (Lipinski definition) is 1. The van der Waals surface area contributed by atoms with Gasteiger partial charge in [-0.05, 0) is 35.9 Å². The van der Waals surface area contributed by atoms with Gasteiger partial charge in [-0.15, -0.1) is 0 Å². The molecule has 0 bridgehead atoms. The second-order valence-electron chi connectivity index (χ2n) is 6.45. The monoisotopic (exact) mass is 384 g/mol. The van der Waals surface area contributed by atoms with Gasteiger partial charge < -0.3 is 19.5 Å². The van der Waals surface area contributed by atoms with Gasteiger partial charge in [0.2, 0.25) is 0 Å². The molecule has 3 rings (SSSR count). The van der Waals surface area contributed by atoms with Crippen LogP contribution in [0.2, 0.25) is 0 Å². The van der Waals surface area contributed by atoms with Crippen molar-refractivity contribution in [3.8, 4) is 11.5 Å². The van der Waals surface area contributed by atoms with Gasteiger partial charge in [-0.1, -0.05) is 12.1 Å². The molecule has 1 heterocycles. The van der Waals surface area contributed by atoms with Crippen LogP contribution >= 0.6 is 0 Å². The van der Waals surface area contributed by atoms with Gasteiger partial charge in [0.25, 0.3) is 5.91 Å². The number of anilines is 1. The Balaban J connectivity index is 1.50. The number of morpholine rings is 1. The molecule has 1 N–H and O–H groups in total. The Bertz CT molecular complexity index is 801. The van der Waals surface area contributed by atoms with Crippen LogP contribution in [-0.2, 0) is 16.1 Å². The number of nitrogens with one attached hydrogen (secondary N) is 1. The highest BCUT2D eigenvalue weighted by atomic mass is 16.5. The highest BCUT2D eigenvalue weighted by Gasteiger charge is 2.11. The van der Waals surface area contributed by atoms with Gasteiger partial charge in [0.05, 0.1) is 20.3 Å². The predicted octanol–water partition coefficient (Wildman–Crippen LogP) is 2.36. The molecular formula is C21H24N2O5. The van der Waals surface area contributed by atoms with E-state index in [0.717, 1.165) is 39.1 Å². The fraction of sp³-hybridized carbons (Fsp3) is 0.333. The summed E-state index contributed by atoms with van der Waals surface area (Å²) in [4.78, 5) is 25.3. The van der Waals surface area contributed by atoms with Crippen molar-refractivity contribution in [3.05, 3.63) is 53.6 Å². The Morgan fingerprint density at radius 2 is 1.89 bits per heavy atom. The molecule has 1 saturated heterocycles. The summed E-state index contributed by atoms with van der Waals surface area (Å²) in [5.74, 6) is 0.538. The van der Waals surface area contributed by atoms with Crippen LogP contribution < -0.4 is 14.8 Å². The van der Waals surface area contributed by atoms with Gasteiger partial charge in [0.15, 0.2) is 18.1 Å². The van der Waals surface area contributed by atoms with E-state index in [1.807, 2.05) is 24.3 Å². The average molecular weight is 384 g/mol. The standard InChI is InChI=1S/C21H24N2O5/c1-26-20-12-17(14-24)4-7-19(20)28-15-21(25)22-18-5-2-16(3-6-18)13-23-8-10-27-11-9-23/h2-7,12,14H,8-11,13,15H2,1H3,(H,22,25). The van der Waals surface area contributed by atoms with Crippen molar-refractivity contribution in [2.45, 2.75) is 6.54 Å². The first kappa shape index (κ1) is 19.9. The lowest BCUT2D eigenvalue weighted by Gasteiger charge is -2.26. The number of carbonyl (C=O) groups is 2. The molecule has 0 aromatic heterocycles. The Labute approximate surface area is 164 Å². The molecule has 0 saturated carbocycles. The average Bonchev–Trinajstić information content (AvgIpc) is 2.74. The maximum atomic E-state index is 12.2. The highest BCUT2D eigenvalue weighted by molar-refractivity contribution is 5.91. The van der Waals surface area contributed by atoms with E-state index in [0.29, 0.717) is 22.7 Å². The molecule has 7 heteroatoms. The second kappa shape index (κ2) is 9.87. The van der Waals surface area contributed by atoms with Gasteiger partial charge >= 0.3 is 0 Å². The third-order valence-electron chi connectivity index (χ3n) is 4.43. The van der Waals surface area contributed by atoms with E-state index >= 15 is 0 Å². The van der Waals surface area contributed by atoms with Crippen molar-refractivity contribution in [2.24, 2.45) is 0 Å². The summed E-state index contributed by atoms with van der Waals surface area (Å²) >= 11 is 0. The van der Waals surface area contributed by atoms with E-state index < -0.39 is 0 Å². The van der Waals surface area contributed by atoms with E-state index in [1.165, 1.54) is 12.7 Å². The zero-order valence-electron chi connectivity index (χ0n) is 15.8. The minimum atomic E-state index is -0.276. The number of nitrogens with zero attached hydrogens (tertiary/aromatic N) is 1. The Morgan fingerprint density at radius 3 is 2.57 bits per heavy atom. The fourth-order valence-corrected chi connectivity index (χ4v) is 2.93. The normalized spacial score (nSPS) is 14.3. The third kappa shape index (κ3) is 5.55. The summed E-state index contributed by atoms with van der Waals surface area (Å²) in [6, 6.07) is 12.6. The zero-order chi connectivity index (χ0) is 19.8. The molecular weight excluding hydrogens is 360 g/mol. The molecule has 2 aromatic carbocycles. The molecule has 1 aliphatic heterocycles. The maximum Gasteiger partial charge on any atom is 0.262 e. The molecule has 0 radical (unpaired) electrons. The van der Waals surface area contributed by atoms with E-state index in [4.69, 9.17) is 14.2 Å². The quantitative estimate of drug-likeness (QED) is 0.704. The summed E-state index contributed by atoms with van der Waals surface area (Å²) in [6.45, 7) is 4.14.